The first kappa shape index (κ1) is 23.9. The average molecular weight is 484 g/mol. The molecule has 1 aliphatic rings. The number of hydrogen-bond donors (Lipinski definition) is 3. The lowest BCUT2D eigenvalue weighted by molar-refractivity contribution is -0.143. The zero-order valence-electron chi connectivity index (χ0n) is 18.4. The first-order chi connectivity index (χ1) is 16.8. The van der Waals surface area contributed by atoms with Crippen LogP contribution in [0, 0.1) is 0 Å². The van der Waals surface area contributed by atoms with Crippen molar-refractivity contribution in [3.63, 3.8) is 0 Å². The Morgan fingerprint density at radius 2 is 1.69 bits per heavy atom. The molecule has 3 N–H and O–H groups in total. The van der Waals surface area contributed by atoms with Crippen LogP contribution in [0.2, 0.25) is 0 Å². The van der Waals surface area contributed by atoms with Gasteiger partial charge >= 0.3 is 12.1 Å². The molecule has 0 radical (unpaired) electrons. The molecule has 0 saturated heterocycles. The van der Waals surface area contributed by atoms with E-state index in [0.29, 0.717) is 0 Å². The molecule has 11 heteroatoms. The summed E-state index contributed by atoms with van der Waals surface area (Å²) >= 11 is 0. The lowest BCUT2D eigenvalue weighted by atomic mass is 9.98. The van der Waals surface area contributed by atoms with Crippen molar-refractivity contribution in [3.8, 4) is 11.1 Å². The van der Waals surface area contributed by atoms with E-state index in [-0.39, 0.29) is 18.2 Å². The van der Waals surface area contributed by atoms with Gasteiger partial charge in [0.05, 0.1) is 11.9 Å². The van der Waals surface area contributed by atoms with Gasteiger partial charge in [-0.1, -0.05) is 48.5 Å². The summed E-state index contributed by atoms with van der Waals surface area (Å²) in [6, 6.07) is 14.2. The topological polar surface area (TPSA) is 123 Å². The van der Waals surface area contributed by atoms with Crippen molar-refractivity contribution in [3.05, 3.63) is 72.1 Å². The standard InChI is InChI=1S/C24H22F2N4O5/c25-21(26)9-20(23(32)33)29-22(31)12-30-11-14(10-27-30)28-24(34)35-13-19-17-7-3-1-5-15(17)16-6-2-4-8-18(16)19/h1-8,10-11,19-21H,9,12-13H2,(H,28,34)(H,29,31)(H,32,33). The quantitative estimate of drug-likeness (QED) is 0.428. The SMILES string of the molecule is O=C(Cn1cc(NC(=O)OCC2c3ccccc3-c3ccccc32)cn1)NC(CC(F)F)C(=O)O. The minimum atomic E-state index is -2.88. The molecule has 0 fully saturated rings. The van der Waals surface area contributed by atoms with E-state index in [1.807, 2.05) is 53.8 Å². The highest BCUT2D eigenvalue weighted by Gasteiger charge is 2.29. The highest BCUT2D eigenvalue weighted by molar-refractivity contribution is 5.85. The summed E-state index contributed by atoms with van der Waals surface area (Å²) in [5.74, 6) is -2.47. The van der Waals surface area contributed by atoms with Crippen molar-refractivity contribution in [1.82, 2.24) is 15.1 Å². The van der Waals surface area contributed by atoms with E-state index in [0.717, 1.165) is 26.9 Å². The lowest BCUT2D eigenvalue weighted by Gasteiger charge is -2.14. The summed E-state index contributed by atoms with van der Waals surface area (Å²) in [4.78, 5) is 35.4. The number of fused-ring (bicyclic) bond motifs is 3. The zero-order chi connectivity index (χ0) is 24.9. The van der Waals surface area contributed by atoms with Gasteiger partial charge in [-0.15, -0.1) is 0 Å². The van der Waals surface area contributed by atoms with Crippen LogP contribution in [0.3, 0.4) is 0 Å². The number of anilines is 1. The molecule has 1 heterocycles. The minimum absolute atomic E-state index is 0.102. The van der Waals surface area contributed by atoms with Crippen LogP contribution in [0.5, 0.6) is 0 Å². The number of benzene rings is 2. The number of hydrogen-bond acceptors (Lipinski definition) is 5. The third-order valence-corrected chi connectivity index (χ3v) is 5.58. The monoisotopic (exact) mass is 484 g/mol. The van der Waals surface area contributed by atoms with E-state index in [4.69, 9.17) is 9.84 Å². The van der Waals surface area contributed by atoms with E-state index in [1.54, 1.807) is 0 Å². The maximum absolute atomic E-state index is 12.5. The van der Waals surface area contributed by atoms with Gasteiger partial charge in [0.1, 0.15) is 19.2 Å². The van der Waals surface area contributed by atoms with Crippen molar-refractivity contribution in [2.45, 2.75) is 31.4 Å². The molecule has 1 aromatic heterocycles. The molecular formula is C24H22F2N4O5. The first-order valence-electron chi connectivity index (χ1n) is 10.8. The highest BCUT2D eigenvalue weighted by Crippen LogP contribution is 2.44. The normalized spacial score (nSPS) is 13.1. The summed E-state index contributed by atoms with van der Waals surface area (Å²) in [6.07, 6.45) is -1.98. The van der Waals surface area contributed by atoms with Gasteiger partial charge in [-0.25, -0.2) is 18.4 Å². The number of nitrogens with one attached hydrogen (secondary N) is 2. The van der Waals surface area contributed by atoms with Gasteiger partial charge < -0.3 is 15.2 Å². The van der Waals surface area contributed by atoms with Gasteiger partial charge in [0.2, 0.25) is 12.3 Å². The van der Waals surface area contributed by atoms with Gasteiger partial charge in [0.15, 0.2) is 0 Å². The lowest BCUT2D eigenvalue weighted by Crippen LogP contribution is -2.43. The number of carbonyl (C=O) groups excluding carboxylic acids is 2. The van der Waals surface area contributed by atoms with Crippen molar-refractivity contribution in [1.29, 1.82) is 0 Å². The summed E-state index contributed by atoms with van der Waals surface area (Å²) in [5, 5.41) is 17.4. The molecule has 1 unspecified atom stereocenters. The maximum Gasteiger partial charge on any atom is 0.411 e. The summed E-state index contributed by atoms with van der Waals surface area (Å²) in [5.41, 5.74) is 4.61. The van der Waals surface area contributed by atoms with Crippen molar-refractivity contribution >= 4 is 23.7 Å². The minimum Gasteiger partial charge on any atom is -0.480 e. The fraction of sp³-hybridized carbons (Fsp3) is 0.250. The zero-order valence-corrected chi connectivity index (χ0v) is 18.4. The second-order valence-electron chi connectivity index (χ2n) is 7.96. The fourth-order valence-electron chi connectivity index (χ4n) is 4.05. The molecule has 1 atom stereocenters. The van der Waals surface area contributed by atoms with E-state index < -0.39 is 43.4 Å². The number of aromatic nitrogens is 2. The van der Waals surface area contributed by atoms with Gasteiger partial charge in [0, 0.05) is 18.5 Å². The molecule has 35 heavy (non-hydrogen) atoms. The fourth-order valence-corrected chi connectivity index (χ4v) is 4.05. The Bertz CT molecular complexity index is 1200. The molecule has 0 aliphatic heterocycles. The number of nitrogens with zero attached hydrogens (tertiary/aromatic N) is 2. The van der Waals surface area contributed by atoms with E-state index in [2.05, 4.69) is 10.4 Å². The maximum atomic E-state index is 12.5. The number of carbonyl (C=O) groups is 3. The Morgan fingerprint density at radius 3 is 2.29 bits per heavy atom. The Balaban J connectivity index is 1.31. The van der Waals surface area contributed by atoms with E-state index in [9.17, 15) is 23.2 Å². The first-order valence-corrected chi connectivity index (χ1v) is 10.8. The number of rotatable bonds is 9. The predicted molar refractivity (Wildman–Crippen MR) is 121 cm³/mol. The van der Waals surface area contributed by atoms with Crippen LogP contribution in [-0.4, -0.2) is 51.9 Å². The number of aliphatic carboxylic acids is 1. The van der Waals surface area contributed by atoms with Gasteiger partial charge in [-0.05, 0) is 22.3 Å². The number of amides is 2. The smallest absolute Gasteiger partial charge is 0.411 e. The summed E-state index contributed by atoms with van der Waals surface area (Å²) < 4.78 is 31.5. The number of halogens is 2. The van der Waals surface area contributed by atoms with Crippen LogP contribution >= 0.6 is 0 Å². The van der Waals surface area contributed by atoms with Gasteiger partial charge in [0.25, 0.3) is 0 Å². The Labute approximate surface area is 198 Å². The van der Waals surface area contributed by atoms with Crippen LogP contribution in [0.25, 0.3) is 11.1 Å². The molecular weight excluding hydrogens is 462 g/mol. The largest absolute Gasteiger partial charge is 0.480 e. The molecule has 2 amide bonds. The Morgan fingerprint density at radius 1 is 1.06 bits per heavy atom. The molecule has 2 aromatic carbocycles. The molecule has 182 valence electrons. The second-order valence-corrected chi connectivity index (χ2v) is 7.96. The van der Waals surface area contributed by atoms with Crippen LogP contribution in [0.1, 0.15) is 23.5 Å². The molecule has 0 saturated carbocycles. The van der Waals surface area contributed by atoms with E-state index in [1.165, 1.54) is 12.4 Å². The summed E-state index contributed by atoms with van der Waals surface area (Å²) in [6.45, 7) is -0.295. The van der Waals surface area contributed by atoms with Crippen molar-refractivity contribution in [2.75, 3.05) is 11.9 Å². The number of alkyl halides is 2. The summed E-state index contributed by atoms with van der Waals surface area (Å²) in [7, 11) is 0. The van der Waals surface area contributed by atoms with E-state index >= 15 is 0 Å². The average Bonchev–Trinajstić information content (AvgIpc) is 3.38. The van der Waals surface area contributed by atoms with Crippen molar-refractivity contribution in [2.24, 2.45) is 0 Å². The second kappa shape index (κ2) is 10.3. The van der Waals surface area contributed by atoms with Gasteiger partial charge in [-0.3, -0.25) is 14.8 Å². The van der Waals surface area contributed by atoms with Crippen LogP contribution in [0.4, 0.5) is 19.3 Å². The highest BCUT2D eigenvalue weighted by atomic mass is 19.3. The molecule has 0 bridgehead atoms. The van der Waals surface area contributed by atoms with Crippen LogP contribution < -0.4 is 10.6 Å². The molecule has 4 rings (SSSR count). The molecule has 0 spiro atoms. The van der Waals surface area contributed by atoms with Crippen molar-refractivity contribution < 1.29 is 33.0 Å². The molecule has 9 nitrogen and oxygen atoms in total. The predicted octanol–water partition coefficient (Wildman–Crippen LogP) is 3.47. The van der Waals surface area contributed by atoms with Crippen LogP contribution in [0.15, 0.2) is 60.9 Å². The van der Waals surface area contributed by atoms with Gasteiger partial charge in [-0.2, -0.15) is 5.10 Å². The number of ether oxygens (including phenoxy) is 1. The number of carboxylic acids is 1. The molecule has 1 aliphatic carbocycles. The third-order valence-electron chi connectivity index (χ3n) is 5.58. The molecule has 3 aromatic rings. The Kier molecular flexibility index (Phi) is 7.04. The Hall–Kier alpha value is -4.28. The third kappa shape index (κ3) is 5.62. The number of carboxylic acid groups (broad SMARTS) is 1. The van der Waals surface area contributed by atoms with Crippen LogP contribution in [-0.2, 0) is 20.9 Å².